The summed E-state index contributed by atoms with van der Waals surface area (Å²) in [6.07, 6.45) is 1.79. The molecule has 1 aromatic rings. The highest BCUT2D eigenvalue weighted by molar-refractivity contribution is 5.37. The summed E-state index contributed by atoms with van der Waals surface area (Å²) in [5.41, 5.74) is 1.23. The quantitative estimate of drug-likeness (QED) is 0.758. The first kappa shape index (κ1) is 15.0. The molecule has 0 atom stereocenters. The lowest BCUT2D eigenvalue weighted by Gasteiger charge is -2.20. The summed E-state index contributed by atoms with van der Waals surface area (Å²) < 4.78 is 10.7. The Labute approximate surface area is 110 Å². The maximum Gasteiger partial charge on any atom is 0.119 e. The number of ether oxygens (including phenoxy) is 2. The van der Waals surface area contributed by atoms with Gasteiger partial charge in [0.05, 0.1) is 12.2 Å². The smallest absolute Gasteiger partial charge is 0.119 e. The fourth-order valence-corrected chi connectivity index (χ4v) is 1.69. The molecule has 0 aliphatic rings. The van der Waals surface area contributed by atoms with Gasteiger partial charge in [-0.2, -0.15) is 0 Å². The van der Waals surface area contributed by atoms with E-state index in [1.807, 2.05) is 18.2 Å². The highest BCUT2D eigenvalue weighted by atomic mass is 16.5. The summed E-state index contributed by atoms with van der Waals surface area (Å²) in [7, 11) is 1.68. The third-order valence-corrected chi connectivity index (χ3v) is 2.84. The molecule has 0 unspecified atom stereocenters. The average Bonchev–Trinajstić information content (AvgIpc) is 2.33. The highest BCUT2D eigenvalue weighted by Gasteiger charge is 2.17. The lowest BCUT2D eigenvalue weighted by Crippen LogP contribution is -2.16. The molecule has 0 saturated heterocycles. The molecule has 1 rings (SSSR count). The van der Waals surface area contributed by atoms with Gasteiger partial charge in [0.25, 0.3) is 0 Å². The minimum atomic E-state index is -0.837. The standard InChI is InChI=1S/C15H24O3/c1-5-12-9-13(15(2,3)16)11-14(10-12)18-8-6-7-17-4/h9-11,16H,5-8H2,1-4H3. The topological polar surface area (TPSA) is 38.7 Å². The van der Waals surface area contributed by atoms with Crippen LogP contribution in [0.2, 0.25) is 0 Å². The number of methoxy groups -OCH3 is 1. The van der Waals surface area contributed by atoms with Crippen LogP contribution in [0.15, 0.2) is 18.2 Å². The van der Waals surface area contributed by atoms with Gasteiger partial charge in [0.15, 0.2) is 0 Å². The van der Waals surface area contributed by atoms with E-state index in [-0.39, 0.29) is 0 Å². The van der Waals surface area contributed by atoms with E-state index in [1.54, 1.807) is 21.0 Å². The second-order valence-electron chi connectivity index (χ2n) is 4.97. The zero-order chi connectivity index (χ0) is 13.6. The van der Waals surface area contributed by atoms with E-state index in [1.165, 1.54) is 5.56 Å². The van der Waals surface area contributed by atoms with Gasteiger partial charge in [-0.1, -0.05) is 13.0 Å². The molecule has 18 heavy (non-hydrogen) atoms. The number of rotatable bonds is 7. The Bertz CT molecular complexity index is 366. The van der Waals surface area contributed by atoms with E-state index >= 15 is 0 Å². The number of hydrogen-bond donors (Lipinski definition) is 1. The molecule has 0 amide bonds. The Kier molecular flexibility index (Phi) is 5.63. The molecule has 3 nitrogen and oxygen atoms in total. The van der Waals surface area contributed by atoms with Crippen LogP contribution in [0.4, 0.5) is 0 Å². The number of aliphatic hydroxyl groups is 1. The molecule has 0 aliphatic heterocycles. The molecular weight excluding hydrogens is 228 g/mol. The van der Waals surface area contributed by atoms with Crippen LogP contribution in [0.3, 0.4) is 0 Å². The highest BCUT2D eigenvalue weighted by Crippen LogP contribution is 2.26. The van der Waals surface area contributed by atoms with Crippen molar-refractivity contribution < 1.29 is 14.6 Å². The van der Waals surface area contributed by atoms with Gasteiger partial charge in [0.1, 0.15) is 5.75 Å². The van der Waals surface area contributed by atoms with Crippen molar-refractivity contribution in [2.45, 2.75) is 39.2 Å². The fourth-order valence-electron chi connectivity index (χ4n) is 1.69. The minimum absolute atomic E-state index is 0.631. The van der Waals surface area contributed by atoms with Crippen molar-refractivity contribution >= 4 is 0 Å². The van der Waals surface area contributed by atoms with Crippen molar-refractivity contribution in [1.29, 1.82) is 0 Å². The average molecular weight is 252 g/mol. The molecule has 0 heterocycles. The van der Waals surface area contributed by atoms with Crippen molar-refractivity contribution in [2.24, 2.45) is 0 Å². The van der Waals surface area contributed by atoms with Crippen LogP contribution < -0.4 is 4.74 Å². The van der Waals surface area contributed by atoms with Gasteiger partial charge in [0, 0.05) is 20.1 Å². The lowest BCUT2D eigenvalue weighted by atomic mass is 9.95. The van der Waals surface area contributed by atoms with E-state index in [0.29, 0.717) is 13.2 Å². The van der Waals surface area contributed by atoms with Gasteiger partial charge in [0.2, 0.25) is 0 Å². The molecule has 102 valence electrons. The van der Waals surface area contributed by atoms with Gasteiger partial charge in [-0.25, -0.2) is 0 Å². The van der Waals surface area contributed by atoms with Crippen molar-refractivity contribution in [2.75, 3.05) is 20.3 Å². The van der Waals surface area contributed by atoms with Gasteiger partial charge in [-0.3, -0.25) is 0 Å². The van der Waals surface area contributed by atoms with E-state index in [4.69, 9.17) is 9.47 Å². The molecule has 0 saturated carbocycles. The Morgan fingerprint density at radius 1 is 1.17 bits per heavy atom. The lowest BCUT2D eigenvalue weighted by molar-refractivity contribution is 0.0781. The second-order valence-corrected chi connectivity index (χ2v) is 4.97. The summed E-state index contributed by atoms with van der Waals surface area (Å²) in [6.45, 7) is 7.00. The van der Waals surface area contributed by atoms with E-state index in [2.05, 4.69) is 6.92 Å². The van der Waals surface area contributed by atoms with Crippen molar-refractivity contribution in [3.8, 4) is 5.75 Å². The molecular formula is C15H24O3. The van der Waals surface area contributed by atoms with Crippen LogP contribution in [0.25, 0.3) is 0 Å². The zero-order valence-corrected chi connectivity index (χ0v) is 11.8. The van der Waals surface area contributed by atoms with E-state index in [0.717, 1.165) is 24.2 Å². The minimum Gasteiger partial charge on any atom is -0.493 e. The molecule has 0 spiro atoms. The van der Waals surface area contributed by atoms with Crippen molar-refractivity contribution in [1.82, 2.24) is 0 Å². The first-order chi connectivity index (χ1) is 8.47. The largest absolute Gasteiger partial charge is 0.493 e. The Morgan fingerprint density at radius 3 is 2.44 bits per heavy atom. The molecule has 0 aromatic heterocycles. The van der Waals surface area contributed by atoms with Gasteiger partial charge >= 0.3 is 0 Å². The maximum absolute atomic E-state index is 10.1. The van der Waals surface area contributed by atoms with Gasteiger partial charge in [-0.05, 0) is 43.5 Å². The Balaban J connectivity index is 2.78. The summed E-state index contributed by atoms with van der Waals surface area (Å²) in [6, 6.07) is 5.97. The summed E-state index contributed by atoms with van der Waals surface area (Å²) >= 11 is 0. The third-order valence-electron chi connectivity index (χ3n) is 2.84. The Hall–Kier alpha value is -1.06. The maximum atomic E-state index is 10.1. The predicted molar refractivity (Wildman–Crippen MR) is 73.1 cm³/mol. The molecule has 0 bridgehead atoms. The molecule has 1 N–H and O–H groups in total. The van der Waals surface area contributed by atoms with Crippen LogP contribution in [-0.4, -0.2) is 25.4 Å². The van der Waals surface area contributed by atoms with Gasteiger partial charge < -0.3 is 14.6 Å². The summed E-state index contributed by atoms with van der Waals surface area (Å²) in [5.74, 6) is 0.822. The molecule has 0 fully saturated rings. The van der Waals surface area contributed by atoms with Crippen LogP contribution in [-0.2, 0) is 16.8 Å². The van der Waals surface area contributed by atoms with Crippen LogP contribution >= 0.6 is 0 Å². The normalized spacial score (nSPS) is 11.6. The van der Waals surface area contributed by atoms with Crippen LogP contribution in [0.5, 0.6) is 5.75 Å². The number of hydrogen-bond acceptors (Lipinski definition) is 3. The third kappa shape index (κ3) is 4.67. The van der Waals surface area contributed by atoms with Crippen molar-refractivity contribution in [3.63, 3.8) is 0 Å². The van der Waals surface area contributed by atoms with Gasteiger partial charge in [-0.15, -0.1) is 0 Å². The SMILES string of the molecule is CCc1cc(OCCCOC)cc(C(C)(C)O)c1. The molecule has 0 radical (unpaired) electrons. The van der Waals surface area contributed by atoms with Crippen LogP contribution in [0, 0.1) is 0 Å². The van der Waals surface area contributed by atoms with Crippen molar-refractivity contribution in [3.05, 3.63) is 29.3 Å². The first-order valence-electron chi connectivity index (χ1n) is 6.46. The van der Waals surface area contributed by atoms with Crippen LogP contribution in [0.1, 0.15) is 38.3 Å². The van der Waals surface area contributed by atoms with E-state index in [9.17, 15) is 5.11 Å². The predicted octanol–water partition coefficient (Wildman–Crippen LogP) is 2.89. The fraction of sp³-hybridized carbons (Fsp3) is 0.600. The zero-order valence-electron chi connectivity index (χ0n) is 11.8. The molecule has 0 aliphatic carbocycles. The Morgan fingerprint density at radius 2 is 1.89 bits per heavy atom. The second kappa shape index (κ2) is 6.76. The monoisotopic (exact) mass is 252 g/mol. The molecule has 1 aromatic carbocycles. The first-order valence-corrected chi connectivity index (χ1v) is 6.46. The summed E-state index contributed by atoms with van der Waals surface area (Å²) in [4.78, 5) is 0. The van der Waals surface area contributed by atoms with E-state index < -0.39 is 5.60 Å². The number of benzene rings is 1. The number of aryl methyl sites for hydroxylation is 1. The molecule has 3 heteroatoms. The summed E-state index contributed by atoms with van der Waals surface area (Å²) in [5, 5.41) is 10.1.